The third-order valence-corrected chi connectivity index (χ3v) is 4.74. The number of alkyl halides is 1. The molecule has 0 spiro atoms. The van der Waals surface area contributed by atoms with Crippen molar-refractivity contribution in [1.82, 2.24) is 5.32 Å². The summed E-state index contributed by atoms with van der Waals surface area (Å²) in [7, 11) is 0. The fourth-order valence-corrected chi connectivity index (χ4v) is 3.58. The fourth-order valence-electron chi connectivity index (χ4n) is 2.82. The first kappa shape index (κ1) is 14.3. The summed E-state index contributed by atoms with van der Waals surface area (Å²) >= 11 is 3.64. The molecule has 0 aromatic heterocycles. The average Bonchev–Trinajstić information content (AvgIpc) is 2.75. The SMILES string of the molecule is Cc1cc(F)ccc1C(=O)NC1c2ccccc2CC1Br. The van der Waals surface area contributed by atoms with Gasteiger partial charge in [-0.05, 0) is 48.2 Å². The third-order valence-electron chi connectivity index (χ3n) is 3.89. The van der Waals surface area contributed by atoms with Gasteiger partial charge in [0.15, 0.2) is 0 Å². The summed E-state index contributed by atoms with van der Waals surface area (Å²) in [5, 5.41) is 3.05. The fraction of sp³-hybridized carbons (Fsp3) is 0.235. The minimum atomic E-state index is -0.325. The zero-order chi connectivity index (χ0) is 15.0. The molecule has 3 rings (SSSR count). The molecule has 0 heterocycles. The molecule has 1 N–H and O–H groups in total. The van der Waals surface area contributed by atoms with Crippen LogP contribution in [-0.4, -0.2) is 10.7 Å². The summed E-state index contributed by atoms with van der Waals surface area (Å²) in [6.45, 7) is 1.74. The smallest absolute Gasteiger partial charge is 0.252 e. The van der Waals surface area contributed by atoms with Gasteiger partial charge in [0, 0.05) is 10.4 Å². The van der Waals surface area contributed by atoms with Gasteiger partial charge in [-0.15, -0.1) is 0 Å². The normalized spacial score (nSPS) is 20.1. The van der Waals surface area contributed by atoms with Gasteiger partial charge in [-0.25, -0.2) is 4.39 Å². The van der Waals surface area contributed by atoms with Crippen molar-refractivity contribution in [3.8, 4) is 0 Å². The maximum atomic E-state index is 13.1. The Hall–Kier alpha value is -1.68. The highest BCUT2D eigenvalue weighted by atomic mass is 79.9. The van der Waals surface area contributed by atoms with E-state index in [1.165, 1.54) is 23.8 Å². The average molecular weight is 348 g/mol. The van der Waals surface area contributed by atoms with E-state index >= 15 is 0 Å². The van der Waals surface area contributed by atoms with Gasteiger partial charge in [-0.1, -0.05) is 40.2 Å². The Morgan fingerprint density at radius 2 is 2.05 bits per heavy atom. The predicted octanol–water partition coefficient (Wildman–Crippen LogP) is 3.92. The van der Waals surface area contributed by atoms with E-state index in [1.807, 2.05) is 18.2 Å². The molecular weight excluding hydrogens is 333 g/mol. The van der Waals surface area contributed by atoms with Gasteiger partial charge in [0.2, 0.25) is 0 Å². The van der Waals surface area contributed by atoms with E-state index in [4.69, 9.17) is 0 Å². The van der Waals surface area contributed by atoms with Crippen molar-refractivity contribution in [2.45, 2.75) is 24.2 Å². The van der Waals surface area contributed by atoms with Gasteiger partial charge >= 0.3 is 0 Å². The molecule has 2 unspecified atom stereocenters. The van der Waals surface area contributed by atoms with E-state index in [9.17, 15) is 9.18 Å². The van der Waals surface area contributed by atoms with E-state index < -0.39 is 0 Å². The van der Waals surface area contributed by atoms with Gasteiger partial charge in [-0.3, -0.25) is 4.79 Å². The monoisotopic (exact) mass is 347 g/mol. The standard InChI is InChI=1S/C17H15BrFNO/c1-10-8-12(19)6-7-13(10)17(21)20-16-14-5-3-2-4-11(14)9-15(16)18/h2-8,15-16H,9H2,1H3,(H,20,21). The van der Waals surface area contributed by atoms with Crippen LogP contribution in [0.5, 0.6) is 0 Å². The Morgan fingerprint density at radius 1 is 1.29 bits per heavy atom. The topological polar surface area (TPSA) is 29.1 Å². The minimum Gasteiger partial charge on any atom is -0.344 e. The van der Waals surface area contributed by atoms with Gasteiger partial charge in [-0.2, -0.15) is 0 Å². The van der Waals surface area contributed by atoms with Gasteiger partial charge in [0.25, 0.3) is 5.91 Å². The van der Waals surface area contributed by atoms with Crippen molar-refractivity contribution in [2.75, 3.05) is 0 Å². The van der Waals surface area contributed by atoms with Crippen LogP contribution in [0.15, 0.2) is 42.5 Å². The molecule has 2 nitrogen and oxygen atoms in total. The van der Waals surface area contributed by atoms with Crippen LogP contribution >= 0.6 is 15.9 Å². The van der Waals surface area contributed by atoms with Crippen LogP contribution in [0.2, 0.25) is 0 Å². The van der Waals surface area contributed by atoms with Crippen LogP contribution in [-0.2, 0) is 6.42 Å². The summed E-state index contributed by atoms with van der Waals surface area (Å²) in [4.78, 5) is 12.6. The molecule has 108 valence electrons. The van der Waals surface area contributed by atoms with Crippen molar-refractivity contribution in [3.05, 3.63) is 70.5 Å². The Balaban J connectivity index is 1.85. The highest BCUT2D eigenvalue weighted by Crippen LogP contribution is 2.35. The lowest BCUT2D eigenvalue weighted by Crippen LogP contribution is -2.32. The molecule has 2 aromatic rings. The second-order valence-electron chi connectivity index (χ2n) is 5.33. The molecule has 2 aromatic carbocycles. The molecule has 1 amide bonds. The molecule has 0 saturated carbocycles. The van der Waals surface area contributed by atoms with Crippen LogP contribution in [0.4, 0.5) is 4.39 Å². The van der Waals surface area contributed by atoms with E-state index in [1.54, 1.807) is 6.92 Å². The number of nitrogens with one attached hydrogen (secondary N) is 1. The lowest BCUT2D eigenvalue weighted by Gasteiger charge is -2.18. The molecule has 0 saturated heterocycles. The Kier molecular flexibility index (Phi) is 3.81. The molecule has 4 heteroatoms. The number of benzene rings is 2. The predicted molar refractivity (Wildman–Crippen MR) is 84.2 cm³/mol. The zero-order valence-electron chi connectivity index (χ0n) is 11.6. The second-order valence-corrected chi connectivity index (χ2v) is 6.51. The summed E-state index contributed by atoms with van der Waals surface area (Å²) in [5.41, 5.74) is 3.55. The van der Waals surface area contributed by atoms with Crippen molar-refractivity contribution < 1.29 is 9.18 Å². The van der Waals surface area contributed by atoms with E-state index in [2.05, 4.69) is 27.3 Å². The number of halogens is 2. The van der Waals surface area contributed by atoms with Crippen LogP contribution in [0.25, 0.3) is 0 Å². The van der Waals surface area contributed by atoms with Crippen LogP contribution in [0.1, 0.15) is 33.1 Å². The first-order chi connectivity index (χ1) is 10.1. The molecule has 0 radical (unpaired) electrons. The highest BCUT2D eigenvalue weighted by molar-refractivity contribution is 9.09. The van der Waals surface area contributed by atoms with Crippen molar-refractivity contribution in [2.24, 2.45) is 0 Å². The Morgan fingerprint density at radius 3 is 2.81 bits per heavy atom. The highest BCUT2D eigenvalue weighted by Gasteiger charge is 2.31. The summed E-state index contributed by atoms with van der Waals surface area (Å²) in [6.07, 6.45) is 0.892. The van der Waals surface area contributed by atoms with Crippen LogP contribution < -0.4 is 5.32 Å². The van der Waals surface area contributed by atoms with Crippen molar-refractivity contribution >= 4 is 21.8 Å². The largest absolute Gasteiger partial charge is 0.344 e. The number of hydrogen-bond donors (Lipinski definition) is 1. The quantitative estimate of drug-likeness (QED) is 0.819. The Bertz CT molecular complexity index is 701. The van der Waals surface area contributed by atoms with Crippen molar-refractivity contribution in [1.29, 1.82) is 0 Å². The zero-order valence-corrected chi connectivity index (χ0v) is 13.2. The maximum absolute atomic E-state index is 13.1. The third kappa shape index (κ3) is 2.72. The number of rotatable bonds is 2. The first-order valence-electron chi connectivity index (χ1n) is 6.85. The molecule has 1 aliphatic carbocycles. The number of carbonyl (C=O) groups is 1. The number of fused-ring (bicyclic) bond motifs is 1. The minimum absolute atomic E-state index is 0.0573. The first-order valence-corrected chi connectivity index (χ1v) is 7.76. The lowest BCUT2D eigenvalue weighted by atomic mass is 10.1. The van der Waals surface area contributed by atoms with Gasteiger partial charge in [0.1, 0.15) is 5.82 Å². The molecule has 0 aliphatic heterocycles. The molecule has 0 bridgehead atoms. The summed E-state index contributed by atoms with van der Waals surface area (Å²) < 4.78 is 13.1. The van der Waals surface area contributed by atoms with Crippen LogP contribution in [0.3, 0.4) is 0 Å². The molecule has 21 heavy (non-hydrogen) atoms. The van der Waals surface area contributed by atoms with Gasteiger partial charge in [0.05, 0.1) is 6.04 Å². The Labute approximate surface area is 131 Å². The molecule has 1 aliphatic rings. The maximum Gasteiger partial charge on any atom is 0.252 e. The summed E-state index contributed by atoms with van der Waals surface area (Å²) in [6, 6.07) is 12.3. The van der Waals surface area contributed by atoms with Crippen molar-refractivity contribution in [3.63, 3.8) is 0 Å². The summed E-state index contributed by atoms with van der Waals surface area (Å²) in [5.74, 6) is -0.493. The molecule has 2 atom stereocenters. The number of carbonyl (C=O) groups excluding carboxylic acids is 1. The number of hydrogen-bond acceptors (Lipinski definition) is 1. The lowest BCUT2D eigenvalue weighted by molar-refractivity contribution is 0.0937. The number of aryl methyl sites for hydroxylation is 1. The van der Waals surface area contributed by atoms with E-state index in [-0.39, 0.29) is 22.6 Å². The number of amides is 1. The van der Waals surface area contributed by atoms with E-state index in [0.717, 1.165) is 12.0 Å². The molecular formula is C17H15BrFNO. The van der Waals surface area contributed by atoms with Crippen LogP contribution in [0, 0.1) is 12.7 Å². The van der Waals surface area contributed by atoms with Gasteiger partial charge < -0.3 is 5.32 Å². The van der Waals surface area contributed by atoms with E-state index in [0.29, 0.717) is 11.1 Å². The molecule has 0 fully saturated rings. The second kappa shape index (κ2) is 5.60.